The van der Waals surface area contributed by atoms with Gasteiger partial charge in [0.1, 0.15) is 6.42 Å². The van der Waals surface area contributed by atoms with Crippen LogP contribution in [0.15, 0.2) is 24.3 Å². The summed E-state index contributed by atoms with van der Waals surface area (Å²) in [5.74, 6) is -0.403. The molecule has 1 fully saturated rings. The van der Waals surface area contributed by atoms with Gasteiger partial charge in [-0.1, -0.05) is 12.1 Å². The Morgan fingerprint density at radius 3 is 2.32 bits per heavy atom. The summed E-state index contributed by atoms with van der Waals surface area (Å²) in [5, 5.41) is 11.1. The highest BCUT2D eigenvalue weighted by molar-refractivity contribution is 5.79. The SMILES string of the molecule is N#CCC(=O)NC1(c2ccc(C(F)(F)F)cc2)CC1. The molecule has 1 aromatic carbocycles. The average Bonchev–Trinajstić information content (AvgIpc) is 3.09. The van der Waals surface area contributed by atoms with E-state index in [4.69, 9.17) is 5.26 Å². The van der Waals surface area contributed by atoms with E-state index >= 15 is 0 Å². The van der Waals surface area contributed by atoms with E-state index in [0.29, 0.717) is 18.4 Å². The molecule has 1 amide bonds. The van der Waals surface area contributed by atoms with Crippen molar-refractivity contribution in [3.63, 3.8) is 0 Å². The average molecular weight is 268 g/mol. The van der Waals surface area contributed by atoms with E-state index in [-0.39, 0.29) is 6.42 Å². The molecule has 2 rings (SSSR count). The maximum atomic E-state index is 12.4. The first-order chi connectivity index (χ1) is 8.87. The Morgan fingerprint density at radius 2 is 1.89 bits per heavy atom. The second-order valence-corrected chi connectivity index (χ2v) is 4.54. The number of rotatable bonds is 3. The number of nitrogens with one attached hydrogen (secondary N) is 1. The number of carbonyl (C=O) groups excluding carboxylic acids is 1. The van der Waals surface area contributed by atoms with Gasteiger partial charge in [-0.2, -0.15) is 18.4 Å². The Kier molecular flexibility index (Phi) is 3.23. The van der Waals surface area contributed by atoms with E-state index < -0.39 is 23.2 Å². The predicted octanol–water partition coefficient (Wildman–Crippen LogP) is 2.72. The van der Waals surface area contributed by atoms with Crippen LogP contribution in [-0.2, 0) is 16.5 Å². The standard InChI is InChI=1S/C13H11F3N2O/c14-13(15,16)10-3-1-9(2-4-10)12(6-7-12)18-11(19)5-8-17/h1-4H,5-7H2,(H,18,19). The molecule has 0 heterocycles. The van der Waals surface area contributed by atoms with Gasteiger partial charge in [0.2, 0.25) is 5.91 Å². The summed E-state index contributed by atoms with van der Waals surface area (Å²) in [6, 6.07) is 6.50. The fourth-order valence-electron chi connectivity index (χ4n) is 1.97. The first-order valence-electron chi connectivity index (χ1n) is 5.73. The van der Waals surface area contributed by atoms with Crippen molar-refractivity contribution in [3.05, 3.63) is 35.4 Å². The van der Waals surface area contributed by atoms with Gasteiger partial charge in [0.05, 0.1) is 17.2 Å². The van der Waals surface area contributed by atoms with Gasteiger partial charge in [0.15, 0.2) is 0 Å². The second kappa shape index (κ2) is 4.57. The largest absolute Gasteiger partial charge is 0.416 e. The van der Waals surface area contributed by atoms with E-state index in [1.54, 1.807) is 6.07 Å². The Morgan fingerprint density at radius 1 is 1.32 bits per heavy atom. The summed E-state index contributed by atoms with van der Waals surface area (Å²) in [5.41, 5.74) is -0.653. The van der Waals surface area contributed by atoms with Crippen LogP contribution in [0.25, 0.3) is 0 Å². The summed E-state index contributed by atoms with van der Waals surface area (Å²) in [6.07, 6.45) is -3.26. The van der Waals surface area contributed by atoms with Crippen molar-refractivity contribution in [2.24, 2.45) is 0 Å². The lowest BCUT2D eigenvalue weighted by Crippen LogP contribution is -2.34. The van der Waals surface area contributed by atoms with E-state index in [9.17, 15) is 18.0 Å². The van der Waals surface area contributed by atoms with Gasteiger partial charge in [-0.25, -0.2) is 0 Å². The van der Waals surface area contributed by atoms with Crippen LogP contribution in [0.3, 0.4) is 0 Å². The lowest BCUT2D eigenvalue weighted by molar-refractivity contribution is -0.137. The van der Waals surface area contributed by atoms with Gasteiger partial charge in [-0.3, -0.25) is 4.79 Å². The number of carbonyl (C=O) groups is 1. The van der Waals surface area contributed by atoms with Gasteiger partial charge in [-0.05, 0) is 30.5 Å². The minimum absolute atomic E-state index is 0.248. The molecule has 0 saturated heterocycles. The van der Waals surface area contributed by atoms with Crippen LogP contribution in [0.2, 0.25) is 0 Å². The van der Waals surface area contributed by atoms with Crippen LogP contribution in [0.1, 0.15) is 30.4 Å². The molecule has 1 aromatic rings. The Bertz CT molecular complexity index is 524. The topological polar surface area (TPSA) is 52.9 Å². The molecule has 0 unspecified atom stereocenters. The van der Waals surface area contributed by atoms with Gasteiger partial charge in [-0.15, -0.1) is 0 Å². The molecule has 0 radical (unpaired) electrons. The molecule has 3 nitrogen and oxygen atoms in total. The summed E-state index contributed by atoms with van der Waals surface area (Å²) >= 11 is 0. The molecule has 0 bridgehead atoms. The van der Waals surface area contributed by atoms with Crippen LogP contribution < -0.4 is 5.32 Å². The van der Waals surface area contributed by atoms with Gasteiger partial charge < -0.3 is 5.32 Å². The summed E-state index contributed by atoms with van der Waals surface area (Å²) in [7, 11) is 0. The molecule has 100 valence electrons. The van der Waals surface area contributed by atoms with Crippen molar-refractivity contribution >= 4 is 5.91 Å². The second-order valence-electron chi connectivity index (χ2n) is 4.54. The van der Waals surface area contributed by atoms with Crippen molar-refractivity contribution in [1.82, 2.24) is 5.32 Å². The lowest BCUT2D eigenvalue weighted by Gasteiger charge is -2.18. The molecule has 1 N–H and O–H groups in total. The molecule has 1 saturated carbocycles. The lowest BCUT2D eigenvalue weighted by atomic mass is 10.0. The van der Waals surface area contributed by atoms with Gasteiger partial charge in [0.25, 0.3) is 0 Å². The number of hydrogen-bond acceptors (Lipinski definition) is 2. The number of amides is 1. The third-order valence-electron chi connectivity index (χ3n) is 3.13. The molecule has 19 heavy (non-hydrogen) atoms. The van der Waals surface area contributed by atoms with Crippen LogP contribution >= 0.6 is 0 Å². The minimum Gasteiger partial charge on any atom is -0.346 e. The smallest absolute Gasteiger partial charge is 0.346 e. The molecule has 0 atom stereocenters. The normalized spacial score (nSPS) is 16.5. The number of alkyl halides is 3. The number of nitrogens with zero attached hydrogens (tertiary/aromatic N) is 1. The first kappa shape index (κ1) is 13.4. The number of hydrogen-bond donors (Lipinski definition) is 1. The zero-order valence-corrected chi connectivity index (χ0v) is 9.92. The van der Waals surface area contributed by atoms with Crippen molar-refractivity contribution < 1.29 is 18.0 Å². The Hall–Kier alpha value is -2.03. The fraction of sp³-hybridized carbons (Fsp3) is 0.385. The van der Waals surface area contributed by atoms with Crippen molar-refractivity contribution in [3.8, 4) is 6.07 Å². The van der Waals surface area contributed by atoms with Crippen molar-refractivity contribution in [2.75, 3.05) is 0 Å². The predicted molar refractivity (Wildman–Crippen MR) is 60.7 cm³/mol. The molecule has 0 spiro atoms. The maximum Gasteiger partial charge on any atom is 0.416 e. The molecular formula is C13H11F3N2O. The zero-order valence-electron chi connectivity index (χ0n) is 9.92. The van der Waals surface area contributed by atoms with Crippen LogP contribution in [-0.4, -0.2) is 5.91 Å². The Balaban J connectivity index is 2.14. The van der Waals surface area contributed by atoms with E-state index in [2.05, 4.69) is 5.32 Å². The van der Waals surface area contributed by atoms with Crippen molar-refractivity contribution in [1.29, 1.82) is 5.26 Å². The fourth-order valence-corrected chi connectivity index (χ4v) is 1.97. The summed E-state index contributed by atoms with van der Waals surface area (Å²) in [6.45, 7) is 0. The maximum absolute atomic E-state index is 12.4. The molecule has 1 aliphatic rings. The van der Waals surface area contributed by atoms with E-state index in [1.165, 1.54) is 12.1 Å². The number of halogens is 3. The highest BCUT2D eigenvalue weighted by atomic mass is 19.4. The van der Waals surface area contributed by atoms with E-state index in [0.717, 1.165) is 12.1 Å². The van der Waals surface area contributed by atoms with Crippen LogP contribution in [0.4, 0.5) is 13.2 Å². The quantitative estimate of drug-likeness (QED) is 0.916. The molecular weight excluding hydrogens is 257 g/mol. The highest BCUT2D eigenvalue weighted by Gasteiger charge is 2.45. The van der Waals surface area contributed by atoms with Crippen LogP contribution in [0.5, 0.6) is 0 Å². The molecule has 1 aliphatic carbocycles. The van der Waals surface area contributed by atoms with Gasteiger partial charge in [0, 0.05) is 0 Å². The summed E-state index contributed by atoms with van der Waals surface area (Å²) < 4.78 is 37.3. The minimum atomic E-state index is -4.36. The summed E-state index contributed by atoms with van der Waals surface area (Å²) in [4.78, 5) is 11.4. The van der Waals surface area contributed by atoms with Crippen LogP contribution in [0, 0.1) is 11.3 Å². The number of benzene rings is 1. The zero-order chi connectivity index (χ0) is 14.1. The third kappa shape index (κ3) is 2.87. The number of nitriles is 1. The molecule has 6 heteroatoms. The Labute approximate surface area is 108 Å². The van der Waals surface area contributed by atoms with Gasteiger partial charge >= 0.3 is 6.18 Å². The third-order valence-corrected chi connectivity index (χ3v) is 3.13. The highest BCUT2D eigenvalue weighted by Crippen LogP contribution is 2.46. The van der Waals surface area contributed by atoms with E-state index in [1.807, 2.05) is 0 Å². The first-order valence-corrected chi connectivity index (χ1v) is 5.73. The molecule has 0 aromatic heterocycles. The van der Waals surface area contributed by atoms with Crippen molar-refractivity contribution in [2.45, 2.75) is 31.0 Å². The monoisotopic (exact) mass is 268 g/mol. The molecule has 0 aliphatic heterocycles.